The number of likely N-dealkylation sites (N-methyl/N-ethyl adjacent to an activating group) is 1. The molecule has 0 aliphatic carbocycles. The molecular formula is C23H30BrN3O5S. The molecule has 0 radical (unpaired) electrons. The number of para-hydroxylation sites is 2. The molecule has 0 unspecified atom stereocenters. The van der Waals surface area contributed by atoms with Gasteiger partial charge in [0, 0.05) is 31.0 Å². The van der Waals surface area contributed by atoms with Crippen LogP contribution in [0.25, 0.3) is 0 Å². The second-order valence-corrected chi connectivity index (χ2v) is 10.4. The Bertz CT molecular complexity index is 1060. The zero-order valence-corrected chi connectivity index (χ0v) is 21.6. The Morgan fingerprint density at radius 3 is 2.33 bits per heavy atom. The maximum absolute atomic E-state index is 13.1. The number of carbonyl (C=O) groups is 2. The smallest absolute Gasteiger partial charge is 0.242 e. The van der Waals surface area contributed by atoms with Gasteiger partial charge in [-0.1, -0.05) is 40.2 Å². The van der Waals surface area contributed by atoms with Crippen molar-refractivity contribution in [1.29, 1.82) is 0 Å². The second kappa shape index (κ2) is 12.0. The van der Waals surface area contributed by atoms with Gasteiger partial charge in [0.05, 0.1) is 19.1 Å². The van der Waals surface area contributed by atoms with Crippen molar-refractivity contribution in [2.75, 3.05) is 31.3 Å². The van der Waals surface area contributed by atoms with Gasteiger partial charge in [0.2, 0.25) is 21.8 Å². The van der Waals surface area contributed by atoms with Crippen molar-refractivity contribution in [3.05, 3.63) is 58.6 Å². The molecule has 0 saturated carbocycles. The average molecular weight is 540 g/mol. The van der Waals surface area contributed by atoms with E-state index in [1.807, 2.05) is 24.3 Å². The molecule has 2 rings (SSSR count). The zero-order valence-electron chi connectivity index (χ0n) is 19.2. The van der Waals surface area contributed by atoms with Crippen LogP contribution in [-0.4, -0.2) is 58.1 Å². The van der Waals surface area contributed by atoms with Crippen LogP contribution >= 0.6 is 15.9 Å². The monoisotopic (exact) mass is 539 g/mol. The second-order valence-electron chi connectivity index (χ2n) is 7.55. The van der Waals surface area contributed by atoms with Crippen LogP contribution in [0.1, 0.15) is 25.3 Å². The molecule has 0 aliphatic heterocycles. The lowest BCUT2D eigenvalue weighted by molar-refractivity contribution is -0.140. The van der Waals surface area contributed by atoms with E-state index in [-0.39, 0.29) is 37.7 Å². The Kier molecular flexibility index (Phi) is 9.72. The molecule has 0 heterocycles. The van der Waals surface area contributed by atoms with Crippen molar-refractivity contribution < 1.29 is 22.7 Å². The number of sulfonamides is 1. The molecule has 0 saturated heterocycles. The predicted octanol–water partition coefficient (Wildman–Crippen LogP) is 3.17. The molecule has 10 heteroatoms. The standard InChI is InChI=1S/C23H30BrN3O5S/c1-17(23(29)25-2)26(16-18-11-13-19(24)14-12-18)22(28)10-7-15-27(33(4,30)31)20-8-5-6-9-21(20)32-3/h5-6,8-9,11-14,17H,7,10,15-16H2,1-4H3,(H,25,29)/t17-/m0/s1. The number of ether oxygens (including phenoxy) is 1. The summed E-state index contributed by atoms with van der Waals surface area (Å²) < 4.78 is 32.3. The Balaban J connectivity index is 2.16. The third-order valence-electron chi connectivity index (χ3n) is 5.19. The number of methoxy groups -OCH3 is 1. The Hall–Kier alpha value is -2.59. The van der Waals surface area contributed by atoms with Gasteiger partial charge in [-0.05, 0) is 43.2 Å². The number of hydrogen-bond donors (Lipinski definition) is 1. The first-order chi connectivity index (χ1) is 15.6. The highest BCUT2D eigenvalue weighted by molar-refractivity contribution is 9.10. The molecule has 33 heavy (non-hydrogen) atoms. The maximum Gasteiger partial charge on any atom is 0.242 e. The summed E-state index contributed by atoms with van der Waals surface area (Å²) in [5, 5.41) is 2.58. The highest BCUT2D eigenvalue weighted by Crippen LogP contribution is 2.29. The first-order valence-electron chi connectivity index (χ1n) is 10.4. The number of hydrogen-bond acceptors (Lipinski definition) is 5. The third kappa shape index (κ3) is 7.46. The molecule has 0 fully saturated rings. The van der Waals surface area contributed by atoms with Gasteiger partial charge in [-0.25, -0.2) is 8.42 Å². The Labute approximate surface area is 204 Å². The Morgan fingerprint density at radius 2 is 1.76 bits per heavy atom. The normalized spacial score (nSPS) is 12.0. The summed E-state index contributed by atoms with van der Waals surface area (Å²) in [5.74, 6) is -0.0749. The molecule has 0 aliphatic rings. The number of halogens is 1. The van der Waals surface area contributed by atoms with Crippen LogP contribution in [0.5, 0.6) is 5.75 Å². The van der Waals surface area contributed by atoms with Crippen LogP contribution in [0, 0.1) is 0 Å². The number of rotatable bonds is 11. The predicted molar refractivity (Wildman–Crippen MR) is 133 cm³/mol. The van der Waals surface area contributed by atoms with Gasteiger partial charge in [-0.2, -0.15) is 0 Å². The average Bonchev–Trinajstić information content (AvgIpc) is 2.79. The molecule has 2 aromatic rings. The molecule has 0 bridgehead atoms. The van der Waals surface area contributed by atoms with Gasteiger partial charge >= 0.3 is 0 Å². The SMILES string of the molecule is CNC(=O)[C@H](C)N(Cc1ccc(Br)cc1)C(=O)CCCN(c1ccccc1OC)S(C)(=O)=O. The van der Waals surface area contributed by atoms with Gasteiger partial charge in [-0.3, -0.25) is 13.9 Å². The summed E-state index contributed by atoms with van der Waals surface area (Å²) >= 11 is 3.39. The van der Waals surface area contributed by atoms with Crippen LogP contribution in [0.2, 0.25) is 0 Å². The number of benzene rings is 2. The first-order valence-corrected chi connectivity index (χ1v) is 13.1. The minimum Gasteiger partial charge on any atom is -0.495 e. The van der Waals surface area contributed by atoms with E-state index in [1.165, 1.54) is 23.4 Å². The lowest BCUT2D eigenvalue weighted by Crippen LogP contribution is -2.46. The molecular weight excluding hydrogens is 510 g/mol. The number of carbonyl (C=O) groups excluding carboxylic acids is 2. The minimum atomic E-state index is -3.60. The van der Waals surface area contributed by atoms with Gasteiger partial charge in [-0.15, -0.1) is 0 Å². The fourth-order valence-corrected chi connectivity index (χ4v) is 4.63. The van der Waals surface area contributed by atoms with Crippen LogP contribution in [0.15, 0.2) is 53.0 Å². The quantitative estimate of drug-likeness (QED) is 0.473. The first kappa shape index (κ1) is 26.7. The van der Waals surface area contributed by atoms with Crippen molar-refractivity contribution in [2.45, 2.75) is 32.4 Å². The summed E-state index contributed by atoms with van der Waals surface area (Å²) in [7, 11) is -0.594. The van der Waals surface area contributed by atoms with Crippen LogP contribution in [0.3, 0.4) is 0 Å². The van der Waals surface area contributed by atoms with E-state index in [2.05, 4.69) is 21.2 Å². The van der Waals surface area contributed by atoms with Crippen molar-refractivity contribution >= 4 is 43.5 Å². The van der Waals surface area contributed by atoms with Crippen LogP contribution in [-0.2, 0) is 26.2 Å². The summed E-state index contributed by atoms with van der Waals surface area (Å²) in [6.45, 7) is 2.04. The molecule has 180 valence electrons. The number of nitrogens with one attached hydrogen (secondary N) is 1. The van der Waals surface area contributed by atoms with E-state index in [0.717, 1.165) is 16.3 Å². The van der Waals surface area contributed by atoms with Crippen molar-refractivity contribution in [3.8, 4) is 5.75 Å². The number of nitrogens with zero attached hydrogens (tertiary/aromatic N) is 2. The lowest BCUT2D eigenvalue weighted by atomic mass is 10.1. The van der Waals surface area contributed by atoms with Gasteiger partial charge in [0.1, 0.15) is 11.8 Å². The van der Waals surface area contributed by atoms with E-state index in [1.54, 1.807) is 31.2 Å². The summed E-state index contributed by atoms with van der Waals surface area (Å²) in [4.78, 5) is 26.9. The highest BCUT2D eigenvalue weighted by atomic mass is 79.9. The van der Waals surface area contributed by atoms with Gasteiger partial charge < -0.3 is 15.0 Å². The topological polar surface area (TPSA) is 96.0 Å². The van der Waals surface area contributed by atoms with Gasteiger partial charge in [0.25, 0.3) is 0 Å². The summed E-state index contributed by atoms with van der Waals surface area (Å²) in [6, 6.07) is 13.7. The maximum atomic E-state index is 13.1. The van der Waals surface area contributed by atoms with Crippen molar-refractivity contribution in [2.24, 2.45) is 0 Å². The van der Waals surface area contributed by atoms with Crippen molar-refractivity contribution in [1.82, 2.24) is 10.2 Å². The van der Waals surface area contributed by atoms with E-state index >= 15 is 0 Å². The van der Waals surface area contributed by atoms with E-state index < -0.39 is 16.1 Å². The Morgan fingerprint density at radius 1 is 1.12 bits per heavy atom. The van der Waals surface area contributed by atoms with E-state index in [9.17, 15) is 18.0 Å². The fourth-order valence-electron chi connectivity index (χ4n) is 3.40. The zero-order chi connectivity index (χ0) is 24.6. The lowest BCUT2D eigenvalue weighted by Gasteiger charge is -2.29. The van der Waals surface area contributed by atoms with Crippen LogP contribution < -0.4 is 14.4 Å². The van der Waals surface area contributed by atoms with E-state index in [4.69, 9.17) is 4.74 Å². The summed E-state index contributed by atoms with van der Waals surface area (Å²) in [5.41, 5.74) is 1.30. The van der Waals surface area contributed by atoms with Gasteiger partial charge in [0.15, 0.2) is 0 Å². The van der Waals surface area contributed by atoms with Crippen LogP contribution in [0.4, 0.5) is 5.69 Å². The number of amides is 2. The summed E-state index contributed by atoms with van der Waals surface area (Å²) in [6.07, 6.45) is 1.48. The fraction of sp³-hybridized carbons (Fsp3) is 0.391. The minimum absolute atomic E-state index is 0.0824. The van der Waals surface area contributed by atoms with E-state index in [0.29, 0.717) is 11.4 Å². The molecule has 0 spiro atoms. The third-order valence-corrected chi connectivity index (χ3v) is 6.89. The largest absolute Gasteiger partial charge is 0.495 e. The molecule has 0 aromatic heterocycles. The highest BCUT2D eigenvalue weighted by Gasteiger charge is 2.26. The molecule has 1 N–H and O–H groups in total. The molecule has 2 amide bonds. The number of anilines is 1. The van der Waals surface area contributed by atoms with Crippen molar-refractivity contribution in [3.63, 3.8) is 0 Å². The molecule has 2 aromatic carbocycles. The molecule has 8 nitrogen and oxygen atoms in total. The molecule has 1 atom stereocenters.